The van der Waals surface area contributed by atoms with E-state index in [0.29, 0.717) is 12.1 Å². The molecule has 0 unspecified atom stereocenters. The molecule has 0 aliphatic heterocycles. The molecule has 5 heteroatoms. The van der Waals surface area contributed by atoms with Crippen LogP contribution in [-0.2, 0) is 19.4 Å². The first-order valence-corrected chi connectivity index (χ1v) is 8.20. The average molecular weight is 314 g/mol. The van der Waals surface area contributed by atoms with Gasteiger partial charge in [0.1, 0.15) is 10.6 Å². The van der Waals surface area contributed by atoms with Crippen LogP contribution in [0.5, 0.6) is 0 Å². The van der Waals surface area contributed by atoms with Crippen LogP contribution in [0.25, 0.3) is 10.2 Å². The van der Waals surface area contributed by atoms with Gasteiger partial charge in [0, 0.05) is 4.88 Å². The number of aryl methyl sites for hydroxylation is 3. The van der Waals surface area contributed by atoms with Crippen LogP contribution in [0.15, 0.2) is 29.3 Å². The smallest absolute Gasteiger partial charge is 0.262 e. The standard InChI is InChI=1S/C17H15FN2OS/c1-10-5-6-11(7-13(10)18)8-20-9-19-16-15(17(20)21)12-3-2-4-14(12)22-16/h5-7,9H,2-4,8H2,1H3. The van der Waals surface area contributed by atoms with Crippen LogP contribution in [0.3, 0.4) is 0 Å². The Morgan fingerprint density at radius 1 is 1.36 bits per heavy atom. The fraction of sp³-hybridized carbons (Fsp3) is 0.294. The number of aromatic nitrogens is 2. The van der Waals surface area contributed by atoms with Gasteiger partial charge in [-0.25, -0.2) is 9.37 Å². The van der Waals surface area contributed by atoms with Gasteiger partial charge in [-0.3, -0.25) is 9.36 Å². The number of thiophene rings is 1. The predicted octanol–water partition coefficient (Wildman–Crippen LogP) is 3.44. The van der Waals surface area contributed by atoms with Crippen LogP contribution in [0.2, 0.25) is 0 Å². The second kappa shape index (κ2) is 5.02. The third-order valence-corrected chi connectivity index (χ3v) is 5.48. The minimum atomic E-state index is -0.240. The topological polar surface area (TPSA) is 34.9 Å². The summed E-state index contributed by atoms with van der Waals surface area (Å²) in [5, 5.41) is 0.771. The zero-order valence-corrected chi connectivity index (χ0v) is 13.0. The maximum absolute atomic E-state index is 13.7. The quantitative estimate of drug-likeness (QED) is 0.726. The van der Waals surface area contributed by atoms with Gasteiger partial charge in [-0.1, -0.05) is 12.1 Å². The molecule has 0 saturated carbocycles. The molecule has 0 saturated heterocycles. The van der Waals surface area contributed by atoms with Gasteiger partial charge in [0.2, 0.25) is 0 Å². The van der Waals surface area contributed by atoms with E-state index in [2.05, 4.69) is 4.98 Å². The number of fused-ring (bicyclic) bond motifs is 3. The first-order valence-electron chi connectivity index (χ1n) is 7.38. The molecule has 1 aliphatic rings. The fourth-order valence-electron chi connectivity index (χ4n) is 3.06. The predicted molar refractivity (Wildman–Crippen MR) is 86.1 cm³/mol. The van der Waals surface area contributed by atoms with E-state index >= 15 is 0 Å². The van der Waals surface area contributed by atoms with Gasteiger partial charge in [0.25, 0.3) is 5.56 Å². The number of rotatable bonds is 2. The van der Waals surface area contributed by atoms with E-state index in [1.165, 1.54) is 16.5 Å². The van der Waals surface area contributed by atoms with Gasteiger partial charge >= 0.3 is 0 Å². The maximum atomic E-state index is 13.7. The van der Waals surface area contributed by atoms with Crippen LogP contribution in [-0.4, -0.2) is 9.55 Å². The molecule has 1 aromatic carbocycles. The molecule has 112 valence electrons. The Morgan fingerprint density at radius 3 is 3.05 bits per heavy atom. The molecule has 3 aromatic rings. The molecule has 4 rings (SSSR count). The zero-order valence-electron chi connectivity index (χ0n) is 12.2. The fourth-order valence-corrected chi connectivity index (χ4v) is 4.28. The Labute approximate surface area is 131 Å². The lowest BCUT2D eigenvalue weighted by Gasteiger charge is -2.07. The minimum absolute atomic E-state index is 0.00890. The summed E-state index contributed by atoms with van der Waals surface area (Å²) < 4.78 is 15.2. The monoisotopic (exact) mass is 314 g/mol. The Hall–Kier alpha value is -2.01. The largest absolute Gasteiger partial charge is 0.294 e. The molecule has 2 heterocycles. The average Bonchev–Trinajstić information content (AvgIpc) is 3.06. The van der Waals surface area contributed by atoms with Crippen molar-refractivity contribution in [1.29, 1.82) is 0 Å². The van der Waals surface area contributed by atoms with Crippen molar-refractivity contribution in [2.24, 2.45) is 0 Å². The van der Waals surface area contributed by atoms with Crippen molar-refractivity contribution in [3.63, 3.8) is 0 Å². The summed E-state index contributed by atoms with van der Waals surface area (Å²) in [6.07, 6.45) is 4.72. The second-order valence-electron chi connectivity index (χ2n) is 5.80. The Balaban J connectivity index is 1.80. The van der Waals surface area contributed by atoms with E-state index < -0.39 is 0 Å². The first kappa shape index (κ1) is 13.6. The molecule has 2 aromatic heterocycles. The van der Waals surface area contributed by atoms with E-state index in [1.807, 2.05) is 6.07 Å². The van der Waals surface area contributed by atoms with Gasteiger partial charge in [-0.15, -0.1) is 11.3 Å². The summed E-state index contributed by atoms with van der Waals surface area (Å²) in [4.78, 5) is 19.3. The molecular weight excluding hydrogens is 299 g/mol. The Bertz CT molecular complexity index is 942. The molecule has 0 fully saturated rings. The van der Waals surface area contributed by atoms with E-state index in [4.69, 9.17) is 0 Å². The first-order chi connectivity index (χ1) is 10.6. The van der Waals surface area contributed by atoms with Crippen molar-refractivity contribution in [2.45, 2.75) is 32.7 Å². The summed E-state index contributed by atoms with van der Waals surface area (Å²) in [5.41, 5.74) is 2.56. The van der Waals surface area contributed by atoms with Crippen LogP contribution in [0.4, 0.5) is 4.39 Å². The summed E-state index contributed by atoms with van der Waals surface area (Å²) in [7, 11) is 0. The van der Waals surface area contributed by atoms with Crippen LogP contribution >= 0.6 is 11.3 Å². The molecule has 0 atom stereocenters. The van der Waals surface area contributed by atoms with E-state index in [-0.39, 0.29) is 11.4 Å². The van der Waals surface area contributed by atoms with Gasteiger partial charge in [-0.2, -0.15) is 0 Å². The molecule has 0 spiro atoms. The third-order valence-electron chi connectivity index (χ3n) is 4.28. The Morgan fingerprint density at radius 2 is 2.23 bits per heavy atom. The highest BCUT2D eigenvalue weighted by Crippen LogP contribution is 2.34. The molecule has 0 bridgehead atoms. The lowest BCUT2D eigenvalue weighted by atomic mass is 10.1. The lowest BCUT2D eigenvalue weighted by Crippen LogP contribution is -2.21. The van der Waals surface area contributed by atoms with E-state index in [9.17, 15) is 9.18 Å². The van der Waals surface area contributed by atoms with Gasteiger partial charge in [0.05, 0.1) is 18.3 Å². The minimum Gasteiger partial charge on any atom is -0.294 e. The number of hydrogen-bond donors (Lipinski definition) is 0. The number of halogens is 1. The van der Waals surface area contributed by atoms with Crippen molar-refractivity contribution in [3.8, 4) is 0 Å². The molecular formula is C17H15FN2OS. The highest BCUT2D eigenvalue weighted by molar-refractivity contribution is 7.18. The molecule has 0 amide bonds. The number of hydrogen-bond acceptors (Lipinski definition) is 3. The van der Waals surface area contributed by atoms with Crippen molar-refractivity contribution < 1.29 is 4.39 Å². The molecule has 3 nitrogen and oxygen atoms in total. The van der Waals surface area contributed by atoms with Gasteiger partial charge in [0.15, 0.2) is 0 Å². The molecule has 1 aliphatic carbocycles. The van der Waals surface area contributed by atoms with Crippen LogP contribution in [0, 0.1) is 12.7 Å². The summed E-state index contributed by atoms with van der Waals surface area (Å²) in [6.45, 7) is 2.08. The number of nitrogens with zero attached hydrogens (tertiary/aromatic N) is 2. The number of benzene rings is 1. The van der Waals surface area contributed by atoms with Crippen molar-refractivity contribution in [1.82, 2.24) is 9.55 Å². The van der Waals surface area contributed by atoms with Crippen molar-refractivity contribution in [3.05, 3.63) is 62.3 Å². The maximum Gasteiger partial charge on any atom is 0.262 e. The summed E-state index contributed by atoms with van der Waals surface area (Å²) >= 11 is 1.64. The normalized spacial score (nSPS) is 13.7. The lowest BCUT2D eigenvalue weighted by molar-refractivity contribution is 0.613. The SMILES string of the molecule is Cc1ccc(Cn2cnc3sc4c(c3c2=O)CCC4)cc1F. The van der Waals surface area contributed by atoms with Crippen molar-refractivity contribution in [2.75, 3.05) is 0 Å². The van der Waals surface area contributed by atoms with Crippen molar-refractivity contribution >= 4 is 21.6 Å². The highest BCUT2D eigenvalue weighted by Gasteiger charge is 2.21. The van der Waals surface area contributed by atoms with Crippen LogP contribution in [0.1, 0.15) is 28.0 Å². The van der Waals surface area contributed by atoms with Gasteiger partial charge in [-0.05, 0) is 48.9 Å². The summed E-state index contributed by atoms with van der Waals surface area (Å²) in [6, 6.07) is 5.08. The van der Waals surface area contributed by atoms with Crippen LogP contribution < -0.4 is 5.56 Å². The highest BCUT2D eigenvalue weighted by atomic mass is 32.1. The molecule has 22 heavy (non-hydrogen) atoms. The van der Waals surface area contributed by atoms with E-state index in [1.54, 1.807) is 35.2 Å². The van der Waals surface area contributed by atoms with Gasteiger partial charge < -0.3 is 0 Å². The summed E-state index contributed by atoms with van der Waals surface area (Å²) in [5.74, 6) is -0.240. The third kappa shape index (κ3) is 2.08. The second-order valence-corrected chi connectivity index (χ2v) is 6.88. The zero-order chi connectivity index (χ0) is 15.3. The Kier molecular flexibility index (Phi) is 3.11. The van der Waals surface area contributed by atoms with E-state index in [0.717, 1.165) is 35.0 Å². The molecule has 0 N–H and O–H groups in total. The molecule has 0 radical (unpaired) electrons.